The Hall–Kier alpha value is -1.51. The van der Waals surface area contributed by atoms with Crippen LogP contribution in [0, 0.1) is 30.6 Å². The number of carbonyl (C=O) groups excluding carboxylic acids is 1. The topological polar surface area (TPSA) is 55.1 Å². The molecule has 3 saturated carbocycles. The van der Waals surface area contributed by atoms with Gasteiger partial charge in [0.2, 0.25) is 0 Å². The summed E-state index contributed by atoms with van der Waals surface area (Å²) >= 11 is 0. The molecule has 0 heterocycles. The minimum atomic E-state index is 0.0589. The van der Waals surface area contributed by atoms with Gasteiger partial charge in [-0.1, -0.05) is 6.07 Å². The Morgan fingerprint density at radius 2 is 1.95 bits per heavy atom. The van der Waals surface area contributed by atoms with Gasteiger partial charge in [-0.25, -0.2) is 0 Å². The smallest absolute Gasteiger partial charge is 0.251 e. The molecule has 0 aliphatic heterocycles. The molecule has 3 nitrogen and oxygen atoms in total. The number of amides is 1. The predicted molar refractivity (Wildman–Crippen MR) is 74.7 cm³/mol. The van der Waals surface area contributed by atoms with Crippen LogP contribution in [0.3, 0.4) is 0 Å². The lowest BCUT2D eigenvalue weighted by molar-refractivity contribution is 0.0943. The van der Waals surface area contributed by atoms with E-state index in [0.29, 0.717) is 11.7 Å². The number of carbonyl (C=O) groups is 1. The van der Waals surface area contributed by atoms with E-state index in [2.05, 4.69) is 5.32 Å². The molecule has 19 heavy (non-hydrogen) atoms. The van der Waals surface area contributed by atoms with Crippen molar-refractivity contribution in [1.82, 2.24) is 5.32 Å². The average Bonchev–Trinajstić information content (AvgIpc) is 2.80. The van der Waals surface area contributed by atoms with Crippen LogP contribution in [0.1, 0.15) is 35.2 Å². The first-order valence-electron chi connectivity index (χ1n) is 7.32. The molecule has 1 aromatic carbocycles. The molecule has 1 amide bonds. The number of anilines is 1. The van der Waals surface area contributed by atoms with Crippen molar-refractivity contribution in [2.75, 3.05) is 5.73 Å². The standard InChI is InChI=1S/C16H20N2O/c1-8-2-5-11(17)7-12(8)16(19)18-15-13-9-3-4-10(6-9)14(13)15/h2,5,7,9-10,13-15H,3-4,6,17H2,1H3,(H,18,19). The van der Waals surface area contributed by atoms with Crippen LogP contribution < -0.4 is 11.1 Å². The van der Waals surface area contributed by atoms with Gasteiger partial charge in [0.25, 0.3) is 5.91 Å². The van der Waals surface area contributed by atoms with Gasteiger partial charge in [0.15, 0.2) is 0 Å². The van der Waals surface area contributed by atoms with Crippen LogP contribution in [0.4, 0.5) is 5.69 Å². The summed E-state index contributed by atoms with van der Waals surface area (Å²) in [4.78, 5) is 12.4. The maximum Gasteiger partial charge on any atom is 0.251 e. The molecule has 3 aliphatic rings. The Kier molecular flexibility index (Phi) is 2.23. The largest absolute Gasteiger partial charge is 0.399 e. The number of nitrogens with two attached hydrogens (primary N) is 1. The molecule has 3 N–H and O–H groups in total. The third-order valence-electron chi connectivity index (χ3n) is 5.54. The molecule has 1 aromatic rings. The molecule has 3 fully saturated rings. The number of rotatable bonds is 2. The van der Waals surface area contributed by atoms with Crippen LogP contribution >= 0.6 is 0 Å². The van der Waals surface area contributed by atoms with Crippen molar-refractivity contribution < 1.29 is 4.79 Å². The molecule has 100 valence electrons. The molecule has 4 atom stereocenters. The molecule has 0 radical (unpaired) electrons. The normalized spacial score (nSPS) is 38.1. The summed E-state index contributed by atoms with van der Waals surface area (Å²) in [6.45, 7) is 1.96. The van der Waals surface area contributed by atoms with Gasteiger partial charge < -0.3 is 11.1 Å². The summed E-state index contributed by atoms with van der Waals surface area (Å²) in [7, 11) is 0. The summed E-state index contributed by atoms with van der Waals surface area (Å²) in [5, 5.41) is 3.25. The summed E-state index contributed by atoms with van der Waals surface area (Å²) in [6, 6.07) is 6.00. The predicted octanol–water partition coefficient (Wildman–Crippen LogP) is 2.35. The molecule has 0 saturated heterocycles. The lowest BCUT2D eigenvalue weighted by Crippen LogP contribution is -2.30. The van der Waals surface area contributed by atoms with Gasteiger partial charge in [-0.15, -0.1) is 0 Å². The minimum absolute atomic E-state index is 0.0589. The van der Waals surface area contributed by atoms with Gasteiger partial charge in [-0.05, 0) is 67.6 Å². The second-order valence-corrected chi connectivity index (χ2v) is 6.56. The lowest BCUT2D eigenvalue weighted by atomic mass is 10.0. The minimum Gasteiger partial charge on any atom is -0.399 e. The Morgan fingerprint density at radius 3 is 2.63 bits per heavy atom. The monoisotopic (exact) mass is 256 g/mol. The van der Waals surface area contributed by atoms with E-state index in [1.54, 1.807) is 6.07 Å². The number of aryl methyl sites for hydroxylation is 1. The first-order chi connectivity index (χ1) is 9.15. The van der Waals surface area contributed by atoms with Crippen molar-refractivity contribution in [1.29, 1.82) is 0 Å². The molecule has 3 aliphatic carbocycles. The highest BCUT2D eigenvalue weighted by Gasteiger charge is 2.65. The number of nitrogen functional groups attached to an aromatic ring is 1. The second-order valence-electron chi connectivity index (χ2n) is 6.56. The van der Waals surface area contributed by atoms with Crippen molar-refractivity contribution in [2.45, 2.75) is 32.2 Å². The van der Waals surface area contributed by atoms with Crippen LogP contribution in [0.25, 0.3) is 0 Å². The fourth-order valence-corrected chi connectivity index (χ4v) is 4.63. The van der Waals surface area contributed by atoms with E-state index in [-0.39, 0.29) is 5.91 Å². The van der Waals surface area contributed by atoms with Crippen LogP contribution in [0.2, 0.25) is 0 Å². The average molecular weight is 256 g/mol. The van der Waals surface area contributed by atoms with Crippen LogP contribution in [-0.2, 0) is 0 Å². The molecular weight excluding hydrogens is 236 g/mol. The quantitative estimate of drug-likeness (QED) is 0.798. The molecular formula is C16H20N2O. The van der Waals surface area contributed by atoms with E-state index in [0.717, 1.165) is 34.8 Å². The summed E-state index contributed by atoms with van der Waals surface area (Å²) < 4.78 is 0. The molecule has 0 aromatic heterocycles. The number of benzene rings is 1. The van der Waals surface area contributed by atoms with Crippen molar-refractivity contribution in [3.05, 3.63) is 29.3 Å². The van der Waals surface area contributed by atoms with Crippen molar-refractivity contribution in [2.24, 2.45) is 23.7 Å². The number of fused-ring (bicyclic) bond motifs is 5. The summed E-state index contributed by atoms with van der Waals surface area (Å²) in [5.74, 6) is 3.40. The zero-order valence-electron chi connectivity index (χ0n) is 11.2. The molecule has 0 spiro atoms. The van der Waals surface area contributed by atoms with E-state index >= 15 is 0 Å². The van der Waals surface area contributed by atoms with Gasteiger partial charge in [-0.3, -0.25) is 4.79 Å². The van der Waals surface area contributed by atoms with E-state index < -0.39 is 0 Å². The van der Waals surface area contributed by atoms with Gasteiger partial charge in [0.1, 0.15) is 0 Å². The van der Waals surface area contributed by atoms with Crippen molar-refractivity contribution >= 4 is 11.6 Å². The van der Waals surface area contributed by atoms with Gasteiger partial charge >= 0.3 is 0 Å². The number of hydrogen-bond acceptors (Lipinski definition) is 2. The highest BCUT2D eigenvalue weighted by molar-refractivity contribution is 5.96. The molecule has 4 unspecified atom stereocenters. The first-order valence-corrected chi connectivity index (χ1v) is 7.32. The van der Waals surface area contributed by atoms with E-state index in [1.165, 1.54) is 19.3 Å². The molecule has 4 rings (SSSR count). The summed E-state index contributed by atoms with van der Waals surface area (Å²) in [5.41, 5.74) is 8.17. The van der Waals surface area contributed by atoms with Crippen molar-refractivity contribution in [3.63, 3.8) is 0 Å². The van der Waals surface area contributed by atoms with Crippen LogP contribution in [0.15, 0.2) is 18.2 Å². The molecule has 3 heteroatoms. The van der Waals surface area contributed by atoms with Gasteiger partial charge in [0, 0.05) is 17.3 Å². The van der Waals surface area contributed by atoms with E-state index in [4.69, 9.17) is 5.73 Å². The summed E-state index contributed by atoms with van der Waals surface area (Å²) in [6.07, 6.45) is 4.18. The van der Waals surface area contributed by atoms with Gasteiger partial charge in [0.05, 0.1) is 0 Å². The Bertz CT molecular complexity index is 538. The maximum absolute atomic E-state index is 12.4. The van der Waals surface area contributed by atoms with Gasteiger partial charge in [-0.2, -0.15) is 0 Å². The van der Waals surface area contributed by atoms with E-state index in [1.807, 2.05) is 19.1 Å². The fraction of sp³-hybridized carbons (Fsp3) is 0.562. The molecule has 2 bridgehead atoms. The third kappa shape index (κ3) is 1.60. The highest BCUT2D eigenvalue weighted by Crippen LogP contribution is 2.65. The zero-order chi connectivity index (χ0) is 13.1. The zero-order valence-corrected chi connectivity index (χ0v) is 11.2. The fourth-order valence-electron chi connectivity index (χ4n) is 4.63. The lowest BCUT2D eigenvalue weighted by Gasteiger charge is -2.12. The SMILES string of the molecule is Cc1ccc(N)cc1C(=O)NC1C2C3CCC(C3)C12. The first kappa shape index (κ1) is 11.3. The van der Waals surface area contributed by atoms with Crippen LogP contribution in [-0.4, -0.2) is 11.9 Å². The highest BCUT2D eigenvalue weighted by atomic mass is 16.1. The third-order valence-corrected chi connectivity index (χ3v) is 5.54. The Balaban J connectivity index is 1.50. The van der Waals surface area contributed by atoms with E-state index in [9.17, 15) is 4.79 Å². The second kappa shape index (κ2) is 3.75. The Labute approximate surface area is 113 Å². The maximum atomic E-state index is 12.4. The number of hydrogen-bond donors (Lipinski definition) is 2. The van der Waals surface area contributed by atoms with Crippen molar-refractivity contribution in [3.8, 4) is 0 Å². The number of nitrogens with one attached hydrogen (secondary N) is 1. The van der Waals surface area contributed by atoms with Crippen LogP contribution in [0.5, 0.6) is 0 Å². The Morgan fingerprint density at radius 1 is 1.26 bits per heavy atom.